The number of rotatable bonds is 6. The van der Waals surface area contributed by atoms with Crippen molar-refractivity contribution in [2.24, 2.45) is 0 Å². The highest BCUT2D eigenvalue weighted by atomic mass is 35.5. The van der Waals surface area contributed by atoms with Gasteiger partial charge in [0.05, 0.1) is 0 Å². The number of benzene rings is 2. The number of ether oxygens (including phenoxy) is 2. The molecule has 1 N–H and O–H groups in total. The molecule has 2 heterocycles. The summed E-state index contributed by atoms with van der Waals surface area (Å²) in [5.41, 5.74) is 2.28. The molecular weight excluding hydrogens is 374 g/mol. The summed E-state index contributed by atoms with van der Waals surface area (Å²) in [6, 6.07) is 13.9. The van der Waals surface area contributed by atoms with Gasteiger partial charge in [-0.3, -0.25) is 0 Å². The van der Waals surface area contributed by atoms with Crippen molar-refractivity contribution in [1.82, 2.24) is 4.90 Å². The smallest absolute Gasteiger partial charge is 0.123 e. The van der Waals surface area contributed by atoms with Gasteiger partial charge in [0.25, 0.3) is 0 Å². The van der Waals surface area contributed by atoms with Gasteiger partial charge in [-0.1, -0.05) is 36.7 Å². The number of halogens is 1. The van der Waals surface area contributed by atoms with E-state index in [1.54, 1.807) is 0 Å². The number of hydrogen-bond acceptors (Lipinski definition) is 4. The van der Waals surface area contributed by atoms with Crippen LogP contribution in [0.15, 0.2) is 42.5 Å². The van der Waals surface area contributed by atoms with Crippen LogP contribution >= 0.6 is 11.6 Å². The first-order valence-electron chi connectivity index (χ1n) is 10.2. The average Bonchev–Trinajstić information content (AvgIpc) is 3.05. The molecule has 4 rings (SSSR count). The zero-order valence-corrected chi connectivity index (χ0v) is 17.1. The largest absolute Gasteiger partial charge is 0.491 e. The van der Waals surface area contributed by atoms with E-state index in [0.29, 0.717) is 13.2 Å². The fourth-order valence-corrected chi connectivity index (χ4v) is 4.49. The molecule has 0 amide bonds. The van der Waals surface area contributed by atoms with Gasteiger partial charge in [0.2, 0.25) is 0 Å². The maximum absolute atomic E-state index is 10.4. The molecule has 2 aromatic carbocycles. The standard InChI is InChI=1S/C23H28ClNO3/c1-2-17-5-3-4-6-21(17)27-16-20(26)15-25-11-9-23(10-12-25)14-18-13-19(24)7-8-22(18)28-23/h3-8,13,20,26H,2,9-12,14-16H2,1H3/t20-/m1/s1. The highest BCUT2D eigenvalue weighted by molar-refractivity contribution is 6.30. The Balaban J connectivity index is 1.26. The molecule has 0 unspecified atom stereocenters. The first-order chi connectivity index (χ1) is 13.6. The van der Waals surface area contributed by atoms with E-state index in [1.807, 2.05) is 36.4 Å². The SMILES string of the molecule is CCc1ccccc1OC[C@H](O)CN1CCC2(CC1)Cc1cc(Cl)ccc1O2. The Morgan fingerprint density at radius 2 is 2.00 bits per heavy atom. The fraction of sp³-hybridized carbons (Fsp3) is 0.478. The molecule has 150 valence electrons. The van der Waals surface area contributed by atoms with Crippen molar-refractivity contribution in [3.63, 3.8) is 0 Å². The van der Waals surface area contributed by atoms with Gasteiger partial charge in [-0.25, -0.2) is 0 Å². The lowest BCUT2D eigenvalue weighted by atomic mass is 9.87. The number of aryl methyl sites for hydroxylation is 1. The second kappa shape index (κ2) is 8.32. The molecule has 2 aliphatic heterocycles. The van der Waals surface area contributed by atoms with Crippen LogP contribution in [0.3, 0.4) is 0 Å². The van der Waals surface area contributed by atoms with Crippen LogP contribution in [0.1, 0.15) is 30.9 Å². The Labute approximate surface area is 172 Å². The second-order valence-electron chi connectivity index (χ2n) is 7.94. The third-order valence-corrected chi connectivity index (χ3v) is 6.12. The van der Waals surface area contributed by atoms with Gasteiger partial charge in [-0.2, -0.15) is 0 Å². The number of aliphatic hydroxyl groups is 1. The third-order valence-electron chi connectivity index (χ3n) is 5.88. The molecule has 1 fully saturated rings. The van der Waals surface area contributed by atoms with E-state index < -0.39 is 6.10 Å². The molecule has 1 atom stereocenters. The van der Waals surface area contributed by atoms with Crippen molar-refractivity contribution in [2.75, 3.05) is 26.2 Å². The minimum Gasteiger partial charge on any atom is -0.491 e. The molecule has 5 heteroatoms. The normalized spacial score (nSPS) is 19.2. The van der Waals surface area contributed by atoms with Gasteiger partial charge < -0.3 is 19.5 Å². The fourth-order valence-electron chi connectivity index (χ4n) is 4.30. The van der Waals surface area contributed by atoms with Crippen LogP contribution in [0, 0.1) is 0 Å². The molecule has 1 saturated heterocycles. The molecule has 4 nitrogen and oxygen atoms in total. The number of piperidine rings is 1. The zero-order chi connectivity index (χ0) is 19.6. The lowest BCUT2D eigenvalue weighted by molar-refractivity contribution is -0.00201. The molecule has 0 aliphatic carbocycles. The highest BCUT2D eigenvalue weighted by Crippen LogP contribution is 2.41. The summed E-state index contributed by atoms with van der Waals surface area (Å²) in [5, 5.41) is 11.2. The van der Waals surface area contributed by atoms with Gasteiger partial charge in [-0.05, 0) is 41.8 Å². The number of fused-ring (bicyclic) bond motifs is 1. The molecule has 0 bridgehead atoms. The van der Waals surface area contributed by atoms with Crippen LogP contribution in [0.5, 0.6) is 11.5 Å². The number of β-amino-alcohol motifs (C(OH)–C–C–N with tert-alkyl or cyclic N) is 1. The second-order valence-corrected chi connectivity index (χ2v) is 8.38. The predicted octanol–water partition coefficient (Wildman–Crippen LogP) is 4.11. The van der Waals surface area contributed by atoms with Crippen LogP contribution in [-0.4, -0.2) is 48.0 Å². The molecule has 2 aliphatic rings. The van der Waals surface area contributed by atoms with E-state index in [4.69, 9.17) is 21.1 Å². The van der Waals surface area contributed by atoms with Crippen molar-refractivity contribution >= 4 is 11.6 Å². The van der Waals surface area contributed by atoms with E-state index in [1.165, 1.54) is 11.1 Å². The number of hydrogen-bond donors (Lipinski definition) is 1. The highest BCUT2D eigenvalue weighted by Gasteiger charge is 2.42. The number of likely N-dealkylation sites (tertiary alicyclic amines) is 1. The van der Waals surface area contributed by atoms with Crippen molar-refractivity contribution in [1.29, 1.82) is 0 Å². The summed E-state index contributed by atoms with van der Waals surface area (Å²) in [7, 11) is 0. The summed E-state index contributed by atoms with van der Waals surface area (Å²) < 4.78 is 12.2. The molecule has 0 saturated carbocycles. The van der Waals surface area contributed by atoms with Crippen LogP contribution < -0.4 is 9.47 Å². The van der Waals surface area contributed by atoms with E-state index in [-0.39, 0.29) is 5.60 Å². The molecule has 28 heavy (non-hydrogen) atoms. The predicted molar refractivity (Wildman–Crippen MR) is 112 cm³/mol. The van der Waals surface area contributed by atoms with Gasteiger partial charge in [0, 0.05) is 43.9 Å². The third kappa shape index (κ3) is 4.29. The van der Waals surface area contributed by atoms with Gasteiger partial charge in [0.15, 0.2) is 0 Å². The van der Waals surface area contributed by atoms with Crippen molar-refractivity contribution in [3.8, 4) is 11.5 Å². The minimum absolute atomic E-state index is 0.106. The van der Waals surface area contributed by atoms with Crippen LogP contribution in [0.2, 0.25) is 5.02 Å². The Morgan fingerprint density at radius 1 is 1.21 bits per heavy atom. The Bertz CT molecular complexity index is 817. The van der Waals surface area contributed by atoms with E-state index in [0.717, 1.165) is 55.3 Å². The lowest BCUT2D eigenvalue weighted by Crippen LogP contribution is -2.49. The molecular formula is C23H28ClNO3. The number of para-hydroxylation sites is 1. The summed E-state index contributed by atoms with van der Waals surface area (Å²) in [6.45, 7) is 4.90. The number of nitrogens with zero attached hydrogens (tertiary/aromatic N) is 1. The average molecular weight is 402 g/mol. The zero-order valence-electron chi connectivity index (χ0n) is 16.4. The summed E-state index contributed by atoms with van der Waals surface area (Å²) >= 11 is 6.12. The van der Waals surface area contributed by atoms with Crippen LogP contribution in [0.4, 0.5) is 0 Å². The van der Waals surface area contributed by atoms with E-state index >= 15 is 0 Å². The van der Waals surface area contributed by atoms with Gasteiger partial charge in [0.1, 0.15) is 29.8 Å². The maximum atomic E-state index is 10.4. The molecule has 0 aromatic heterocycles. The van der Waals surface area contributed by atoms with E-state index in [2.05, 4.69) is 17.9 Å². The Kier molecular flexibility index (Phi) is 5.81. The Hall–Kier alpha value is -1.75. The van der Waals surface area contributed by atoms with Crippen molar-refractivity contribution in [3.05, 3.63) is 58.6 Å². The molecule has 1 spiro atoms. The Morgan fingerprint density at radius 3 is 2.79 bits per heavy atom. The summed E-state index contributed by atoms with van der Waals surface area (Å²) in [5.74, 6) is 1.85. The minimum atomic E-state index is -0.500. The van der Waals surface area contributed by atoms with Crippen LogP contribution in [0.25, 0.3) is 0 Å². The summed E-state index contributed by atoms with van der Waals surface area (Å²) in [4.78, 5) is 2.31. The van der Waals surface area contributed by atoms with Gasteiger partial charge in [-0.15, -0.1) is 0 Å². The monoisotopic (exact) mass is 401 g/mol. The maximum Gasteiger partial charge on any atom is 0.123 e. The first kappa shape index (κ1) is 19.6. The van der Waals surface area contributed by atoms with Crippen molar-refractivity contribution in [2.45, 2.75) is 44.3 Å². The quantitative estimate of drug-likeness (QED) is 0.790. The summed E-state index contributed by atoms with van der Waals surface area (Å²) in [6.07, 6.45) is 3.28. The van der Waals surface area contributed by atoms with E-state index in [9.17, 15) is 5.11 Å². The lowest BCUT2D eigenvalue weighted by Gasteiger charge is -2.39. The van der Waals surface area contributed by atoms with Crippen LogP contribution in [-0.2, 0) is 12.8 Å². The molecule has 0 radical (unpaired) electrons. The van der Waals surface area contributed by atoms with Gasteiger partial charge >= 0.3 is 0 Å². The first-order valence-corrected chi connectivity index (χ1v) is 10.5. The topological polar surface area (TPSA) is 41.9 Å². The van der Waals surface area contributed by atoms with Crippen molar-refractivity contribution < 1.29 is 14.6 Å². The number of aliphatic hydroxyl groups excluding tert-OH is 1. The molecule has 2 aromatic rings.